The topological polar surface area (TPSA) is 68.6 Å². The number of nitrogens with one attached hydrogen (secondary N) is 1. The maximum absolute atomic E-state index is 9.47. The molecule has 94 valence electrons. The van der Waals surface area contributed by atoms with E-state index in [1.807, 2.05) is 24.0 Å². The number of aliphatic hydroxyl groups excluding tert-OH is 2. The fourth-order valence-electron chi connectivity index (χ4n) is 2.08. The van der Waals surface area contributed by atoms with Crippen molar-refractivity contribution < 1.29 is 10.2 Å². The van der Waals surface area contributed by atoms with Gasteiger partial charge in [-0.05, 0) is 24.6 Å². The van der Waals surface area contributed by atoms with Crippen LogP contribution < -0.4 is 5.32 Å². The van der Waals surface area contributed by atoms with Gasteiger partial charge in [0.15, 0.2) is 0 Å². The van der Waals surface area contributed by atoms with E-state index >= 15 is 0 Å². The standard InChI is InChI=1S/C12H19N3O2/c1-2-13-12-5-9(3-4-14-12)6-15-7-10(16)11(17)8-15/h3-5,10-11,16-17H,2,6-8H2,1H3,(H,13,14). The van der Waals surface area contributed by atoms with Gasteiger partial charge in [0.25, 0.3) is 0 Å². The molecular formula is C12H19N3O2. The molecule has 0 amide bonds. The Morgan fingerprint density at radius 3 is 2.76 bits per heavy atom. The summed E-state index contributed by atoms with van der Waals surface area (Å²) in [7, 11) is 0. The van der Waals surface area contributed by atoms with Gasteiger partial charge in [-0.25, -0.2) is 4.98 Å². The Morgan fingerprint density at radius 2 is 2.12 bits per heavy atom. The number of aromatic nitrogens is 1. The lowest BCUT2D eigenvalue weighted by atomic mass is 10.2. The highest BCUT2D eigenvalue weighted by Gasteiger charge is 2.29. The molecule has 0 radical (unpaired) electrons. The maximum atomic E-state index is 9.47. The smallest absolute Gasteiger partial charge is 0.126 e. The molecule has 1 aromatic heterocycles. The molecule has 2 unspecified atom stereocenters. The van der Waals surface area contributed by atoms with Crippen molar-refractivity contribution in [1.29, 1.82) is 0 Å². The van der Waals surface area contributed by atoms with Gasteiger partial charge < -0.3 is 15.5 Å². The van der Waals surface area contributed by atoms with Crippen LogP contribution in [0.5, 0.6) is 0 Å². The van der Waals surface area contributed by atoms with E-state index in [1.165, 1.54) is 0 Å². The number of nitrogens with zero attached hydrogens (tertiary/aromatic N) is 2. The third-order valence-corrected chi connectivity index (χ3v) is 2.92. The summed E-state index contributed by atoms with van der Waals surface area (Å²) in [6.45, 7) is 4.66. The zero-order valence-corrected chi connectivity index (χ0v) is 10.0. The molecule has 1 aliphatic rings. The molecule has 3 N–H and O–H groups in total. The lowest BCUT2D eigenvalue weighted by Crippen LogP contribution is -2.22. The number of likely N-dealkylation sites (tertiary alicyclic amines) is 1. The first-order chi connectivity index (χ1) is 8.19. The number of aliphatic hydroxyl groups is 2. The van der Waals surface area contributed by atoms with Crippen molar-refractivity contribution in [3.05, 3.63) is 23.9 Å². The molecule has 5 nitrogen and oxygen atoms in total. The van der Waals surface area contributed by atoms with Crippen molar-refractivity contribution in [3.63, 3.8) is 0 Å². The summed E-state index contributed by atoms with van der Waals surface area (Å²) in [4.78, 5) is 6.25. The molecule has 0 aromatic carbocycles. The summed E-state index contributed by atoms with van der Waals surface area (Å²) >= 11 is 0. The van der Waals surface area contributed by atoms with Gasteiger partial charge >= 0.3 is 0 Å². The lowest BCUT2D eigenvalue weighted by Gasteiger charge is -2.15. The van der Waals surface area contributed by atoms with Gasteiger partial charge in [-0.3, -0.25) is 4.90 Å². The highest BCUT2D eigenvalue weighted by Crippen LogP contribution is 2.15. The summed E-state index contributed by atoms with van der Waals surface area (Å²) in [5.74, 6) is 0.866. The van der Waals surface area contributed by atoms with E-state index in [-0.39, 0.29) is 0 Å². The number of hydrogen-bond acceptors (Lipinski definition) is 5. The zero-order chi connectivity index (χ0) is 12.3. The molecule has 1 aliphatic heterocycles. The second-order valence-corrected chi connectivity index (χ2v) is 4.41. The van der Waals surface area contributed by atoms with Crippen molar-refractivity contribution in [2.24, 2.45) is 0 Å². The van der Waals surface area contributed by atoms with Gasteiger partial charge in [-0.2, -0.15) is 0 Å². The van der Waals surface area contributed by atoms with E-state index in [4.69, 9.17) is 0 Å². The van der Waals surface area contributed by atoms with Crippen molar-refractivity contribution in [1.82, 2.24) is 9.88 Å². The molecule has 2 heterocycles. The van der Waals surface area contributed by atoms with Crippen LogP contribution in [0.25, 0.3) is 0 Å². The summed E-state index contributed by atoms with van der Waals surface area (Å²) < 4.78 is 0. The van der Waals surface area contributed by atoms with E-state index in [9.17, 15) is 10.2 Å². The van der Waals surface area contributed by atoms with Crippen LogP contribution in [-0.4, -0.2) is 51.9 Å². The van der Waals surface area contributed by atoms with Gasteiger partial charge in [0.1, 0.15) is 5.82 Å². The summed E-state index contributed by atoms with van der Waals surface area (Å²) in [5, 5.41) is 22.1. The third-order valence-electron chi connectivity index (χ3n) is 2.92. The van der Waals surface area contributed by atoms with Crippen LogP contribution >= 0.6 is 0 Å². The van der Waals surface area contributed by atoms with E-state index in [0.29, 0.717) is 13.1 Å². The van der Waals surface area contributed by atoms with Crippen LogP contribution in [0.4, 0.5) is 5.82 Å². The molecular weight excluding hydrogens is 218 g/mol. The van der Waals surface area contributed by atoms with Crippen LogP contribution in [0.3, 0.4) is 0 Å². The Hall–Kier alpha value is -1.17. The molecule has 2 rings (SSSR count). The maximum Gasteiger partial charge on any atom is 0.126 e. The normalized spacial score (nSPS) is 25.1. The van der Waals surface area contributed by atoms with Gasteiger partial charge in [0.2, 0.25) is 0 Å². The molecule has 0 saturated carbocycles. The van der Waals surface area contributed by atoms with E-state index in [1.54, 1.807) is 6.20 Å². The molecule has 0 spiro atoms. The first-order valence-electron chi connectivity index (χ1n) is 5.96. The Labute approximate surface area is 101 Å². The highest BCUT2D eigenvalue weighted by molar-refractivity contribution is 5.37. The van der Waals surface area contributed by atoms with Crippen molar-refractivity contribution >= 4 is 5.82 Å². The highest BCUT2D eigenvalue weighted by atomic mass is 16.3. The van der Waals surface area contributed by atoms with Gasteiger partial charge in [0, 0.05) is 32.4 Å². The summed E-state index contributed by atoms with van der Waals surface area (Å²) in [6.07, 6.45) is 0.533. The minimum Gasteiger partial charge on any atom is -0.389 e. The molecule has 2 atom stereocenters. The minimum atomic E-state index is -0.620. The number of anilines is 1. The first-order valence-corrected chi connectivity index (χ1v) is 5.96. The van der Waals surface area contributed by atoms with E-state index in [2.05, 4.69) is 10.3 Å². The molecule has 1 fully saturated rings. The summed E-state index contributed by atoms with van der Waals surface area (Å²) in [5.41, 5.74) is 1.14. The predicted octanol–water partition coefficient (Wildman–Crippen LogP) is 0.0508. The van der Waals surface area contributed by atoms with Crippen LogP contribution in [0, 0.1) is 0 Å². The molecule has 0 bridgehead atoms. The Bertz CT molecular complexity index is 363. The first kappa shape index (κ1) is 12.3. The van der Waals surface area contributed by atoms with E-state index < -0.39 is 12.2 Å². The predicted molar refractivity (Wildman–Crippen MR) is 65.7 cm³/mol. The number of pyridine rings is 1. The average Bonchev–Trinajstić information content (AvgIpc) is 2.59. The average molecular weight is 237 g/mol. The van der Waals surface area contributed by atoms with Crippen molar-refractivity contribution in [2.45, 2.75) is 25.7 Å². The van der Waals surface area contributed by atoms with Gasteiger partial charge in [-0.15, -0.1) is 0 Å². The Balaban J connectivity index is 1.97. The molecule has 1 aromatic rings. The second kappa shape index (κ2) is 5.44. The second-order valence-electron chi connectivity index (χ2n) is 4.41. The third kappa shape index (κ3) is 3.15. The fraction of sp³-hybridized carbons (Fsp3) is 0.583. The van der Waals surface area contributed by atoms with Gasteiger partial charge in [-0.1, -0.05) is 0 Å². The SMILES string of the molecule is CCNc1cc(CN2CC(O)C(O)C2)ccn1. The quantitative estimate of drug-likeness (QED) is 0.690. The Kier molecular flexibility index (Phi) is 3.93. The van der Waals surface area contributed by atoms with Crippen LogP contribution in [0.15, 0.2) is 18.3 Å². The largest absolute Gasteiger partial charge is 0.389 e. The van der Waals surface area contributed by atoms with Crippen LogP contribution in [0.1, 0.15) is 12.5 Å². The monoisotopic (exact) mass is 237 g/mol. The molecule has 0 aliphatic carbocycles. The molecule has 17 heavy (non-hydrogen) atoms. The van der Waals surface area contributed by atoms with Crippen LogP contribution in [0.2, 0.25) is 0 Å². The molecule has 5 heteroatoms. The number of hydrogen-bond donors (Lipinski definition) is 3. The molecule has 1 saturated heterocycles. The van der Waals surface area contributed by atoms with Crippen molar-refractivity contribution in [2.75, 3.05) is 25.0 Å². The Morgan fingerprint density at radius 1 is 1.41 bits per heavy atom. The summed E-state index contributed by atoms with van der Waals surface area (Å²) in [6, 6.07) is 3.96. The van der Waals surface area contributed by atoms with Gasteiger partial charge in [0.05, 0.1) is 12.2 Å². The fourth-order valence-corrected chi connectivity index (χ4v) is 2.08. The minimum absolute atomic E-state index is 0.528. The number of β-amino-alcohol motifs (C(OH)–C–C–N with tert-alkyl or cyclic N) is 2. The van der Waals surface area contributed by atoms with E-state index in [0.717, 1.165) is 24.5 Å². The zero-order valence-electron chi connectivity index (χ0n) is 10.0. The lowest BCUT2D eigenvalue weighted by molar-refractivity contribution is 0.0572. The van der Waals surface area contributed by atoms with Crippen molar-refractivity contribution in [3.8, 4) is 0 Å². The number of rotatable bonds is 4. The van der Waals surface area contributed by atoms with Crippen LogP contribution in [-0.2, 0) is 6.54 Å².